The molecule has 33 heavy (non-hydrogen) atoms. The first-order chi connectivity index (χ1) is 16.1. The third-order valence-corrected chi connectivity index (χ3v) is 6.35. The van der Waals surface area contributed by atoms with E-state index in [0.29, 0.717) is 24.4 Å². The molecule has 0 saturated carbocycles. The Morgan fingerprint density at radius 2 is 2.12 bits per heavy atom. The molecule has 10 nitrogen and oxygen atoms in total. The van der Waals surface area contributed by atoms with Crippen molar-refractivity contribution in [2.24, 2.45) is 0 Å². The Hall–Kier alpha value is -2.57. The summed E-state index contributed by atoms with van der Waals surface area (Å²) in [7, 11) is 2.94. The van der Waals surface area contributed by atoms with Gasteiger partial charge in [-0.2, -0.15) is 5.10 Å². The number of thiazole rings is 1. The Morgan fingerprint density at radius 3 is 2.82 bits per heavy atom. The number of hydrogen-bond acceptors (Lipinski definition) is 10. The zero-order chi connectivity index (χ0) is 23.2. The van der Waals surface area contributed by atoms with Crippen LogP contribution in [0.25, 0.3) is 10.9 Å². The van der Waals surface area contributed by atoms with E-state index in [4.69, 9.17) is 19.3 Å². The van der Waals surface area contributed by atoms with Crippen LogP contribution in [0, 0.1) is 0 Å². The van der Waals surface area contributed by atoms with Gasteiger partial charge in [-0.3, -0.25) is 19.7 Å². The molecule has 178 valence electrons. The second kappa shape index (κ2) is 11.0. The minimum Gasteiger partial charge on any atom is -0.494 e. The first kappa shape index (κ1) is 23.6. The molecule has 1 aromatic carbocycles. The normalized spacial score (nSPS) is 16.6. The van der Waals surface area contributed by atoms with Gasteiger partial charge in [0.2, 0.25) is 0 Å². The van der Waals surface area contributed by atoms with E-state index in [1.165, 1.54) is 18.4 Å². The van der Waals surface area contributed by atoms with Crippen molar-refractivity contribution in [1.29, 1.82) is 0 Å². The number of nitrogens with zero attached hydrogens (tertiary/aromatic N) is 4. The molecule has 11 heteroatoms. The van der Waals surface area contributed by atoms with Crippen LogP contribution >= 0.6 is 11.3 Å². The lowest BCUT2D eigenvalue weighted by molar-refractivity contribution is -0.144. The summed E-state index contributed by atoms with van der Waals surface area (Å²) in [5.74, 6) is 0.197. The highest BCUT2D eigenvalue weighted by atomic mass is 32.1. The number of ether oxygens (including phenoxy) is 3. The number of esters is 1. The molecule has 1 unspecified atom stereocenters. The van der Waals surface area contributed by atoms with Crippen molar-refractivity contribution in [2.45, 2.75) is 25.2 Å². The molecule has 0 amide bonds. The zero-order valence-electron chi connectivity index (χ0n) is 18.8. The van der Waals surface area contributed by atoms with Crippen LogP contribution in [-0.2, 0) is 27.2 Å². The number of carbonyl (C=O) groups is 1. The minimum atomic E-state index is -1.19. The summed E-state index contributed by atoms with van der Waals surface area (Å²) < 4.78 is 17.8. The van der Waals surface area contributed by atoms with Crippen LogP contribution in [0.1, 0.15) is 17.6 Å². The monoisotopic (exact) mass is 475 g/mol. The summed E-state index contributed by atoms with van der Waals surface area (Å²) in [6.45, 7) is 4.64. The number of aliphatic hydroxyl groups is 1. The highest BCUT2D eigenvalue weighted by Crippen LogP contribution is 2.30. The van der Waals surface area contributed by atoms with Crippen molar-refractivity contribution in [1.82, 2.24) is 25.0 Å². The summed E-state index contributed by atoms with van der Waals surface area (Å²) >= 11 is 1.45. The molecule has 4 rings (SSSR count). The highest BCUT2D eigenvalue weighted by molar-refractivity contribution is 7.07. The quantitative estimate of drug-likeness (QED) is 0.330. The molecule has 3 heterocycles. The average Bonchev–Trinajstić information content (AvgIpc) is 3.50. The molecule has 3 aromatic rings. The smallest absolute Gasteiger partial charge is 0.323 e. The number of carbonyl (C=O) groups excluding carboxylic acids is 1. The third-order valence-electron chi connectivity index (χ3n) is 5.71. The average molecular weight is 476 g/mol. The van der Waals surface area contributed by atoms with Crippen molar-refractivity contribution in [3.05, 3.63) is 40.5 Å². The number of rotatable bonds is 10. The van der Waals surface area contributed by atoms with Gasteiger partial charge in [-0.05, 0) is 6.07 Å². The van der Waals surface area contributed by atoms with Crippen molar-refractivity contribution in [3.8, 4) is 5.75 Å². The summed E-state index contributed by atoms with van der Waals surface area (Å²) in [5, 5.41) is 21.4. The van der Waals surface area contributed by atoms with Gasteiger partial charge in [0.25, 0.3) is 0 Å². The summed E-state index contributed by atoms with van der Waals surface area (Å²) in [5.41, 5.74) is 3.68. The molecule has 1 saturated heterocycles. The van der Waals surface area contributed by atoms with E-state index in [0.717, 1.165) is 49.4 Å². The number of aliphatic hydroxyl groups excluding tert-OH is 1. The van der Waals surface area contributed by atoms with Crippen LogP contribution in [0.5, 0.6) is 5.75 Å². The summed E-state index contributed by atoms with van der Waals surface area (Å²) in [6.07, 6.45) is -0.890. The number of fused-ring (bicyclic) bond motifs is 1. The second-order valence-electron chi connectivity index (χ2n) is 7.75. The van der Waals surface area contributed by atoms with Crippen molar-refractivity contribution in [3.63, 3.8) is 0 Å². The first-order valence-corrected chi connectivity index (χ1v) is 11.8. The van der Waals surface area contributed by atoms with Gasteiger partial charge in [-0.1, -0.05) is 12.1 Å². The maximum absolute atomic E-state index is 12.4. The van der Waals surface area contributed by atoms with Gasteiger partial charge in [0.05, 0.1) is 45.2 Å². The van der Waals surface area contributed by atoms with Gasteiger partial charge in [-0.15, -0.1) is 11.3 Å². The third kappa shape index (κ3) is 5.50. The molecule has 0 aliphatic carbocycles. The maximum atomic E-state index is 12.4. The Balaban J connectivity index is 1.59. The molecule has 2 atom stereocenters. The van der Waals surface area contributed by atoms with Gasteiger partial charge in [0, 0.05) is 36.8 Å². The molecule has 1 fully saturated rings. The first-order valence-electron chi connectivity index (χ1n) is 10.8. The number of morpholine rings is 1. The second-order valence-corrected chi connectivity index (χ2v) is 8.47. The maximum Gasteiger partial charge on any atom is 0.323 e. The molecular weight excluding hydrogens is 446 g/mol. The highest BCUT2D eigenvalue weighted by Gasteiger charge is 2.27. The number of aromatic nitrogens is 3. The van der Waals surface area contributed by atoms with E-state index in [1.807, 2.05) is 28.3 Å². The van der Waals surface area contributed by atoms with Gasteiger partial charge < -0.3 is 19.3 Å². The van der Waals surface area contributed by atoms with Crippen molar-refractivity contribution >= 4 is 28.2 Å². The van der Waals surface area contributed by atoms with Crippen LogP contribution in [0.2, 0.25) is 0 Å². The number of nitrogens with one attached hydrogen (secondary N) is 1. The molecule has 0 radical (unpaired) electrons. The molecule has 1 aliphatic rings. The van der Waals surface area contributed by atoms with Crippen LogP contribution in [0.4, 0.5) is 0 Å². The Morgan fingerprint density at radius 1 is 1.30 bits per heavy atom. The fourth-order valence-electron chi connectivity index (χ4n) is 3.99. The van der Waals surface area contributed by atoms with E-state index in [9.17, 15) is 9.90 Å². The molecule has 2 N–H and O–H groups in total. The fourth-order valence-corrected chi connectivity index (χ4v) is 4.56. The zero-order valence-corrected chi connectivity index (χ0v) is 19.6. The molecule has 1 aliphatic heterocycles. The van der Waals surface area contributed by atoms with Crippen LogP contribution in [0.15, 0.2) is 29.1 Å². The molecule has 0 bridgehead atoms. The van der Waals surface area contributed by atoms with E-state index in [2.05, 4.69) is 15.2 Å². The Bertz CT molecular complexity index is 1050. The van der Waals surface area contributed by atoms with Gasteiger partial charge in [0.15, 0.2) is 6.23 Å². The Labute approximate surface area is 196 Å². The minimum absolute atomic E-state index is 0.298. The Kier molecular flexibility index (Phi) is 7.89. The van der Waals surface area contributed by atoms with Gasteiger partial charge >= 0.3 is 5.97 Å². The predicted octanol–water partition coefficient (Wildman–Crippen LogP) is 1.20. The van der Waals surface area contributed by atoms with Crippen LogP contribution in [-0.4, -0.2) is 83.8 Å². The summed E-state index contributed by atoms with van der Waals surface area (Å²) in [6, 6.07) is 4.85. The van der Waals surface area contributed by atoms with Crippen LogP contribution < -0.4 is 10.1 Å². The number of hydrogen-bond donors (Lipinski definition) is 2. The van der Waals surface area contributed by atoms with E-state index >= 15 is 0 Å². The van der Waals surface area contributed by atoms with Crippen molar-refractivity contribution < 1.29 is 24.1 Å². The molecule has 2 aromatic heterocycles. The number of benzene rings is 1. The SMILES string of the molecule is COC(=O)[C@H](Cc1cscn1)NC(O)c1nn(CCN2CCOCC2)c2c(OC)cccc12. The fraction of sp³-hybridized carbons (Fsp3) is 0.500. The number of para-hydroxylation sites is 1. The van der Waals surface area contributed by atoms with Crippen molar-refractivity contribution in [2.75, 3.05) is 47.1 Å². The lowest BCUT2D eigenvalue weighted by atomic mass is 10.1. The summed E-state index contributed by atoms with van der Waals surface area (Å²) in [4.78, 5) is 18.9. The molecule has 0 spiro atoms. The van der Waals surface area contributed by atoms with E-state index in [-0.39, 0.29) is 0 Å². The van der Waals surface area contributed by atoms with Gasteiger partial charge in [0.1, 0.15) is 23.0 Å². The van der Waals surface area contributed by atoms with Crippen LogP contribution in [0.3, 0.4) is 0 Å². The van der Waals surface area contributed by atoms with Gasteiger partial charge in [-0.25, -0.2) is 4.98 Å². The predicted molar refractivity (Wildman–Crippen MR) is 123 cm³/mol. The number of methoxy groups -OCH3 is 2. The largest absolute Gasteiger partial charge is 0.494 e. The molecular formula is C22H29N5O5S. The topological polar surface area (TPSA) is 111 Å². The lowest BCUT2D eigenvalue weighted by Crippen LogP contribution is -2.42. The standard InChI is InChI=1S/C22H29N5O5S/c1-30-18-5-3-4-16-19(25-27(20(16)18)7-6-26-8-10-32-11-9-26)21(28)24-17(22(29)31-2)12-15-13-33-14-23-15/h3-5,13-14,17,21,24,28H,6-12H2,1-2H3/t17-,21?/m0/s1. The lowest BCUT2D eigenvalue weighted by Gasteiger charge is -2.26. The van der Waals surface area contributed by atoms with E-state index in [1.54, 1.807) is 12.6 Å². The van der Waals surface area contributed by atoms with E-state index < -0.39 is 18.2 Å².